The first-order valence-electron chi connectivity index (χ1n) is 12.3. The topological polar surface area (TPSA) is 158 Å². The molecule has 214 valence electrons. The maximum atomic E-state index is 16.4. The molecule has 40 heavy (non-hydrogen) atoms. The minimum atomic E-state index is -4.36. The number of ether oxygens (including phenoxy) is 2. The van der Waals surface area contributed by atoms with E-state index in [2.05, 4.69) is 10.1 Å². The van der Waals surface area contributed by atoms with Gasteiger partial charge in [0.05, 0.1) is 13.2 Å². The SMILES string of the molecule is C[C@H](NP(=O)(OC[C@H]1O[C@@H](n2ccc(=O)[nH]c2=O)[C@](C)(F)[C@@H]1OCc1ccccc1)Oc1ccccc1)C(=O)O. The molecule has 12 nitrogen and oxygen atoms in total. The number of carbonyl (C=O) groups is 1. The first-order chi connectivity index (χ1) is 19.0. The van der Waals surface area contributed by atoms with Gasteiger partial charge in [-0.05, 0) is 31.5 Å². The zero-order valence-corrected chi connectivity index (χ0v) is 22.5. The number of nitrogens with zero attached hydrogens (tertiary/aromatic N) is 1. The van der Waals surface area contributed by atoms with Gasteiger partial charge in [0.15, 0.2) is 11.9 Å². The van der Waals surface area contributed by atoms with E-state index >= 15 is 4.39 Å². The molecule has 6 atom stereocenters. The Morgan fingerprint density at radius 2 is 1.82 bits per heavy atom. The lowest BCUT2D eigenvalue weighted by molar-refractivity contribution is -0.138. The van der Waals surface area contributed by atoms with Gasteiger partial charge in [-0.15, -0.1) is 0 Å². The van der Waals surface area contributed by atoms with Gasteiger partial charge in [-0.25, -0.2) is 13.8 Å². The molecule has 1 aromatic heterocycles. The number of rotatable bonds is 12. The van der Waals surface area contributed by atoms with Gasteiger partial charge in [-0.1, -0.05) is 48.5 Å². The van der Waals surface area contributed by atoms with Crippen molar-refractivity contribution in [3.8, 4) is 5.75 Å². The number of halogens is 1. The molecule has 3 N–H and O–H groups in total. The van der Waals surface area contributed by atoms with Crippen LogP contribution < -0.4 is 20.9 Å². The summed E-state index contributed by atoms with van der Waals surface area (Å²) >= 11 is 0. The molecule has 0 aliphatic carbocycles. The highest BCUT2D eigenvalue weighted by molar-refractivity contribution is 7.52. The number of para-hydroxylation sites is 1. The minimum Gasteiger partial charge on any atom is -0.480 e. The Morgan fingerprint density at radius 3 is 2.45 bits per heavy atom. The van der Waals surface area contributed by atoms with Gasteiger partial charge >= 0.3 is 19.4 Å². The number of aromatic amines is 1. The molecule has 0 radical (unpaired) electrons. The Hall–Kier alpha value is -3.61. The molecule has 0 spiro atoms. The number of nitrogens with one attached hydrogen (secondary N) is 2. The maximum Gasteiger partial charge on any atom is 0.459 e. The second kappa shape index (κ2) is 12.3. The second-order valence-corrected chi connectivity index (χ2v) is 11.0. The van der Waals surface area contributed by atoms with Crippen LogP contribution in [0.15, 0.2) is 82.5 Å². The van der Waals surface area contributed by atoms with Crippen molar-refractivity contribution in [2.45, 2.75) is 50.6 Å². The van der Waals surface area contributed by atoms with Crippen molar-refractivity contribution in [3.05, 3.63) is 99.3 Å². The molecule has 1 fully saturated rings. The van der Waals surface area contributed by atoms with Crippen molar-refractivity contribution in [2.24, 2.45) is 0 Å². The Bertz CT molecular complexity index is 1470. The van der Waals surface area contributed by atoms with Gasteiger partial charge in [0.1, 0.15) is 24.0 Å². The van der Waals surface area contributed by atoms with E-state index in [9.17, 15) is 24.1 Å². The Kier molecular flexibility index (Phi) is 9.02. The smallest absolute Gasteiger partial charge is 0.459 e. The highest BCUT2D eigenvalue weighted by Gasteiger charge is 2.57. The molecule has 2 aromatic carbocycles. The predicted molar refractivity (Wildman–Crippen MR) is 141 cm³/mol. The van der Waals surface area contributed by atoms with Crippen LogP contribution in [-0.2, 0) is 30.0 Å². The van der Waals surface area contributed by atoms with Gasteiger partial charge < -0.3 is 19.1 Å². The molecule has 4 rings (SSSR count). The molecule has 1 saturated heterocycles. The van der Waals surface area contributed by atoms with Crippen LogP contribution >= 0.6 is 7.75 Å². The molecule has 3 aromatic rings. The van der Waals surface area contributed by atoms with Crippen molar-refractivity contribution >= 4 is 13.7 Å². The molecule has 1 aliphatic heterocycles. The molecule has 1 unspecified atom stereocenters. The van der Waals surface area contributed by atoms with E-state index in [1.807, 2.05) is 6.07 Å². The van der Waals surface area contributed by atoms with Crippen LogP contribution in [0.1, 0.15) is 25.6 Å². The van der Waals surface area contributed by atoms with E-state index in [1.54, 1.807) is 42.5 Å². The van der Waals surface area contributed by atoms with Crippen molar-refractivity contribution in [1.82, 2.24) is 14.6 Å². The summed E-state index contributed by atoms with van der Waals surface area (Å²) in [5, 5.41) is 11.7. The van der Waals surface area contributed by atoms with E-state index < -0.39 is 61.7 Å². The number of carboxylic acids is 1. The second-order valence-electron chi connectivity index (χ2n) is 9.30. The van der Waals surface area contributed by atoms with Crippen LogP contribution in [0.3, 0.4) is 0 Å². The summed E-state index contributed by atoms with van der Waals surface area (Å²) < 4.78 is 53.8. The third-order valence-electron chi connectivity index (χ3n) is 6.16. The number of carboxylic acid groups (broad SMARTS) is 1. The number of hydrogen-bond acceptors (Lipinski definition) is 8. The molecule has 0 amide bonds. The van der Waals surface area contributed by atoms with Crippen molar-refractivity contribution < 1.29 is 37.4 Å². The van der Waals surface area contributed by atoms with Crippen molar-refractivity contribution in [3.63, 3.8) is 0 Å². The van der Waals surface area contributed by atoms with Crippen molar-refractivity contribution in [1.29, 1.82) is 0 Å². The molecular formula is C26H29FN3O9P. The number of aliphatic carboxylic acids is 1. The summed E-state index contributed by atoms with van der Waals surface area (Å²) in [6.45, 7) is 1.83. The summed E-state index contributed by atoms with van der Waals surface area (Å²) in [6, 6.07) is 16.6. The van der Waals surface area contributed by atoms with Crippen LogP contribution in [0.5, 0.6) is 5.75 Å². The summed E-state index contributed by atoms with van der Waals surface area (Å²) in [5.41, 5.74) is -3.18. The van der Waals surface area contributed by atoms with Gasteiger partial charge in [0.2, 0.25) is 0 Å². The zero-order chi connectivity index (χ0) is 28.9. The van der Waals surface area contributed by atoms with E-state index in [0.29, 0.717) is 0 Å². The summed E-state index contributed by atoms with van der Waals surface area (Å²) in [6.07, 6.45) is -3.04. The van der Waals surface area contributed by atoms with Crippen LogP contribution in [0.25, 0.3) is 0 Å². The third-order valence-corrected chi connectivity index (χ3v) is 7.80. The van der Waals surface area contributed by atoms with Gasteiger partial charge in [-0.2, -0.15) is 5.09 Å². The monoisotopic (exact) mass is 577 g/mol. The quantitative estimate of drug-likeness (QED) is 0.273. The summed E-state index contributed by atoms with van der Waals surface area (Å²) in [5.74, 6) is -1.18. The van der Waals surface area contributed by atoms with Gasteiger partial charge in [-0.3, -0.25) is 23.7 Å². The molecule has 0 bridgehead atoms. The Labute approximate surface area is 228 Å². The number of alkyl halides is 1. The first kappa shape index (κ1) is 29.4. The molecule has 1 aliphatic rings. The van der Waals surface area contributed by atoms with Crippen LogP contribution in [0.2, 0.25) is 0 Å². The normalized spacial score (nSPS) is 24.7. The first-order valence-corrected chi connectivity index (χ1v) is 13.8. The molecule has 14 heteroatoms. The van der Waals surface area contributed by atoms with Crippen LogP contribution in [0.4, 0.5) is 4.39 Å². The highest BCUT2D eigenvalue weighted by Crippen LogP contribution is 2.48. The maximum absolute atomic E-state index is 16.4. The zero-order valence-electron chi connectivity index (χ0n) is 21.6. The Balaban J connectivity index is 1.62. The average Bonchev–Trinajstić information content (AvgIpc) is 3.16. The van der Waals surface area contributed by atoms with E-state index in [0.717, 1.165) is 22.4 Å². The summed E-state index contributed by atoms with van der Waals surface area (Å²) in [4.78, 5) is 37.6. The van der Waals surface area contributed by atoms with E-state index in [-0.39, 0.29) is 12.4 Å². The lowest BCUT2D eigenvalue weighted by Crippen LogP contribution is -2.45. The van der Waals surface area contributed by atoms with Crippen LogP contribution in [-0.4, -0.2) is 51.2 Å². The minimum absolute atomic E-state index is 0.0232. The lowest BCUT2D eigenvalue weighted by atomic mass is 9.98. The fourth-order valence-electron chi connectivity index (χ4n) is 4.15. The van der Waals surface area contributed by atoms with Crippen LogP contribution in [0, 0.1) is 0 Å². The van der Waals surface area contributed by atoms with Gasteiger partial charge in [0.25, 0.3) is 5.56 Å². The van der Waals surface area contributed by atoms with Gasteiger partial charge in [0, 0.05) is 12.3 Å². The number of hydrogen-bond donors (Lipinski definition) is 3. The van der Waals surface area contributed by atoms with Crippen molar-refractivity contribution in [2.75, 3.05) is 6.61 Å². The molecule has 2 heterocycles. The Morgan fingerprint density at radius 1 is 1.18 bits per heavy atom. The molecular weight excluding hydrogens is 548 g/mol. The number of aromatic nitrogens is 2. The highest BCUT2D eigenvalue weighted by atomic mass is 31.2. The molecule has 0 saturated carbocycles. The fourth-order valence-corrected chi connectivity index (χ4v) is 5.66. The average molecular weight is 578 g/mol. The fraction of sp³-hybridized carbons (Fsp3) is 0.346. The largest absolute Gasteiger partial charge is 0.480 e. The van der Waals surface area contributed by atoms with E-state index in [1.165, 1.54) is 26.0 Å². The standard InChI is InChI=1S/C26H29FN3O9P/c1-17(23(32)33)29-40(35,39-19-11-7-4-8-12-19)37-16-20-22(36-15-18-9-5-3-6-10-18)26(2,27)24(38-20)30-14-13-21(31)28-25(30)34/h3-14,17,20,22,24H,15-16H2,1-2H3,(H,29,35)(H,32,33)(H,28,31,34)/t17-,20+,22+,24+,26+,40?/m0/s1. The predicted octanol–water partition coefficient (Wildman–Crippen LogP) is 3.01. The number of benzene rings is 2. The lowest BCUT2D eigenvalue weighted by Gasteiger charge is -2.28. The number of H-pyrrole nitrogens is 1. The third kappa shape index (κ3) is 6.93. The summed E-state index contributed by atoms with van der Waals surface area (Å²) in [7, 11) is -4.36. The van der Waals surface area contributed by atoms with E-state index in [4.69, 9.17) is 18.5 Å².